The van der Waals surface area contributed by atoms with Crippen molar-refractivity contribution in [3.63, 3.8) is 0 Å². The molecule has 4 nitrogen and oxygen atoms in total. The first kappa shape index (κ1) is 14.4. The Bertz CT molecular complexity index is 775. The van der Waals surface area contributed by atoms with E-state index in [0.717, 1.165) is 35.1 Å². The van der Waals surface area contributed by atoms with Crippen LogP contribution in [0.3, 0.4) is 0 Å². The first-order chi connectivity index (χ1) is 10.0. The van der Waals surface area contributed by atoms with Crippen molar-refractivity contribution in [1.29, 1.82) is 0 Å². The Morgan fingerprint density at radius 3 is 2.81 bits per heavy atom. The molecular weight excluding hydrogens is 352 g/mol. The number of aryl methyl sites for hydroxylation is 1. The average Bonchev–Trinajstić information content (AvgIpc) is 2.46. The van der Waals surface area contributed by atoms with Gasteiger partial charge in [-0.15, -0.1) is 0 Å². The molecule has 0 bridgehead atoms. The lowest BCUT2D eigenvalue weighted by molar-refractivity contribution is 0.601. The van der Waals surface area contributed by atoms with E-state index in [1.165, 1.54) is 0 Å². The van der Waals surface area contributed by atoms with E-state index in [0.29, 0.717) is 10.6 Å². The fraction of sp³-hybridized carbons (Fsp3) is 0.200. The van der Waals surface area contributed by atoms with Gasteiger partial charge in [-0.25, -0.2) is 8.42 Å². The predicted molar refractivity (Wildman–Crippen MR) is 88.2 cm³/mol. The Morgan fingerprint density at radius 1 is 1.14 bits per heavy atom. The zero-order valence-corrected chi connectivity index (χ0v) is 13.7. The first-order valence-electron chi connectivity index (χ1n) is 6.70. The van der Waals surface area contributed by atoms with Crippen molar-refractivity contribution in [2.75, 3.05) is 16.6 Å². The molecule has 2 N–H and O–H groups in total. The number of rotatable bonds is 3. The summed E-state index contributed by atoms with van der Waals surface area (Å²) in [6.07, 6.45) is 1.93. The second kappa shape index (κ2) is 5.69. The van der Waals surface area contributed by atoms with E-state index in [-0.39, 0.29) is 0 Å². The molecule has 6 heteroatoms. The molecule has 1 aliphatic heterocycles. The molecule has 0 atom stereocenters. The summed E-state index contributed by atoms with van der Waals surface area (Å²) in [4.78, 5) is 0.296. The molecule has 2 aromatic rings. The number of benzene rings is 2. The maximum atomic E-state index is 12.5. The van der Waals surface area contributed by atoms with Gasteiger partial charge >= 0.3 is 0 Å². The third-order valence-electron chi connectivity index (χ3n) is 3.40. The molecule has 0 unspecified atom stereocenters. The van der Waals surface area contributed by atoms with Gasteiger partial charge < -0.3 is 5.32 Å². The van der Waals surface area contributed by atoms with Gasteiger partial charge in [0.25, 0.3) is 10.0 Å². The highest BCUT2D eigenvalue weighted by Gasteiger charge is 2.17. The summed E-state index contributed by atoms with van der Waals surface area (Å²) in [6.45, 7) is 0.940. The Hall–Kier alpha value is -1.53. The van der Waals surface area contributed by atoms with Gasteiger partial charge in [0.05, 0.1) is 4.90 Å². The van der Waals surface area contributed by atoms with Crippen molar-refractivity contribution in [2.24, 2.45) is 0 Å². The van der Waals surface area contributed by atoms with Gasteiger partial charge in [-0.3, -0.25) is 4.72 Å². The summed E-state index contributed by atoms with van der Waals surface area (Å²) in [7, 11) is -3.56. The zero-order chi connectivity index (χ0) is 14.9. The normalized spacial score (nSPS) is 14.1. The molecule has 1 heterocycles. The van der Waals surface area contributed by atoms with Crippen LogP contribution in [0.1, 0.15) is 12.0 Å². The van der Waals surface area contributed by atoms with Gasteiger partial charge in [-0.2, -0.15) is 0 Å². The molecule has 110 valence electrons. The van der Waals surface area contributed by atoms with Crippen LogP contribution in [-0.4, -0.2) is 15.0 Å². The van der Waals surface area contributed by atoms with Crippen LogP contribution in [0, 0.1) is 0 Å². The summed E-state index contributed by atoms with van der Waals surface area (Å²) in [5.74, 6) is 0. The largest absolute Gasteiger partial charge is 0.385 e. The van der Waals surface area contributed by atoms with Crippen molar-refractivity contribution in [3.8, 4) is 0 Å². The topological polar surface area (TPSA) is 58.2 Å². The molecule has 0 saturated carbocycles. The number of nitrogens with one attached hydrogen (secondary N) is 2. The van der Waals surface area contributed by atoms with Crippen LogP contribution in [0.2, 0.25) is 0 Å². The van der Waals surface area contributed by atoms with Gasteiger partial charge in [0.15, 0.2) is 0 Å². The van der Waals surface area contributed by atoms with E-state index >= 15 is 0 Å². The summed E-state index contributed by atoms with van der Waals surface area (Å²) < 4.78 is 28.3. The van der Waals surface area contributed by atoms with Crippen molar-refractivity contribution in [3.05, 3.63) is 52.5 Å². The smallest absolute Gasteiger partial charge is 0.261 e. The second-order valence-electron chi connectivity index (χ2n) is 4.97. The molecule has 21 heavy (non-hydrogen) atoms. The van der Waals surface area contributed by atoms with E-state index in [9.17, 15) is 8.42 Å². The summed E-state index contributed by atoms with van der Waals surface area (Å²) in [5.41, 5.74) is 2.63. The highest BCUT2D eigenvalue weighted by Crippen LogP contribution is 2.26. The van der Waals surface area contributed by atoms with E-state index in [1.54, 1.807) is 30.3 Å². The molecule has 0 saturated heterocycles. The lowest BCUT2D eigenvalue weighted by Gasteiger charge is -2.19. The highest BCUT2D eigenvalue weighted by atomic mass is 79.9. The van der Waals surface area contributed by atoms with Gasteiger partial charge in [0.2, 0.25) is 0 Å². The van der Waals surface area contributed by atoms with E-state index in [1.807, 2.05) is 12.1 Å². The Labute approximate surface area is 132 Å². The fourth-order valence-corrected chi connectivity index (χ4v) is 3.88. The lowest BCUT2D eigenvalue weighted by atomic mass is 10.0. The molecule has 0 aromatic heterocycles. The summed E-state index contributed by atoms with van der Waals surface area (Å²) in [6, 6.07) is 12.3. The standard InChI is InChI=1S/C15H15BrN2O2S/c16-12-4-1-5-13(10-12)18-21(19,20)14-6-7-15-11(9-14)3-2-8-17-15/h1,4-7,9-10,17-18H,2-3,8H2. The van der Waals surface area contributed by atoms with Crippen molar-refractivity contribution in [2.45, 2.75) is 17.7 Å². The van der Waals surface area contributed by atoms with Crippen molar-refractivity contribution >= 4 is 37.3 Å². The molecule has 3 rings (SSSR count). The van der Waals surface area contributed by atoms with Crippen LogP contribution in [-0.2, 0) is 16.4 Å². The zero-order valence-electron chi connectivity index (χ0n) is 11.3. The number of anilines is 2. The Balaban J connectivity index is 1.91. The van der Waals surface area contributed by atoms with Crippen LogP contribution in [0.25, 0.3) is 0 Å². The number of halogens is 1. The minimum absolute atomic E-state index is 0.296. The van der Waals surface area contributed by atoms with Crippen LogP contribution < -0.4 is 10.0 Å². The first-order valence-corrected chi connectivity index (χ1v) is 8.97. The van der Waals surface area contributed by atoms with Crippen LogP contribution in [0.15, 0.2) is 51.8 Å². The molecule has 1 aliphatic rings. The molecule has 0 spiro atoms. The van der Waals surface area contributed by atoms with Crippen LogP contribution >= 0.6 is 15.9 Å². The van der Waals surface area contributed by atoms with Gasteiger partial charge in [0.1, 0.15) is 0 Å². The number of hydrogen-bond acceptors (Lipinski definition) is 3. The second-order valence-corrected chi connectivity index (χ2v) is 7.56. The van der Waals surface area contributed by atoms with Gasteiger partial charge in [-0.1, -0.05) is 22.0 Å². The fourth-order valence-electron chi connectivity index (χ4n) is 2.38. The van der Waals surface area contributed by atoms with Crippen molar-refractivity contribution < 1.29 is 8.42 Å². The summed E-state index contributed by atoms with van der Waals surface area (Å²) in [5, 5.41) is 3.28. The Kier molecular flexibility index (Phi) is 3.91. The maximum absolute atomic E-state index is 12.5. The molecule has 2 aromatic carbocycles. The third-order valence-corrected chi connectivity index (χ3v) is 5.27. The predicted octanol–water partition coefficient (Wildman–Crippen LogP) is 3.61. The van der Waals surface area contributed by atoms with Crippen LogP contribution in [0.5, 0.6) is 0 Å². The van der Waals surface area contributed by atoms with E-state index in [4.69, 9.17) is 0 Å². The van der Waals surface area contributed by atoms with Crippen LogP contribution in [0.4, 0.5) is 11.4 Å². The van der Waals surface area contributed by atoms with Gasteiger partial charge in [-0.05, 0) is 54.8 Å². The maximum Gasteiger partial charge on any atom is 0.261 e. The average molecular weight is 367 g/mol. The number of sulfonamides is 1. The summed E-state index contributed by atoms with van der Waals surface area (Å²) >= 11 is 3.33. The number of fused-ring (bicyclic) bond motifs is 1. The molecule has 0 amide bonds. The van der Waals surface area contributed by atoms with E-state index < -0.39 is 10.0 Å². The third kappa shape index (κ3) is 3.22. The SMILES string of the molecule is O=S(=O)(Nc1cccc(Br)c1)c1ccc2c(c1)CCCN2. The number of hydrogen-bond donors (Lipinski definition) is 2. The molecule has 0 fully saturated rings. The monoisotopic (exact) mass is 366 g/mol. The quantitative estimate of drug-likeness (QED) is 0.872. The highest BCUT2D eigenvalue weighted by molar-refractivity contribution is 9.10. The van der Waals surface area contributed by atoms with Gasteiger partial charge in [0, 0.05) is 22.4 Å². The molecule has 0 aliphatic carbocycles. The van der Waals surface area contributed by atoms with E-state index in [2.05, 4.69) is 26.0 Å². The van der Waals surface area contributed by atoms with Crippen molar-refractivity contribution in [1.82, 2.24) is 0 Å². The molecular formula is C15H15BrN2O2S. The molecule has 0 radical (unpaired) electrons. The lowest BCUT2D eigenvalue weighted by Crippen LogP contribution is -2.16. The Morgan fingerprint density at radius 2 is 2.00 bits per heavy atom. The minimum atomic E-state index is -3.56. The minimum Gasteiger partial charge on any atom is -0.385 e.